The fraction of sp³-hybridized carbons (Fsp3) is 0.462. The maximum absolute atomic E-state index is 12.1. The molecular formula is C13H14F2O3. The van der Waals surface area contributed by atoms with E-state index < -0.39 is 6.61 Å². The minimum atomic E-state index is -2.88. The second-order valence-electron chi connectivity index (χ2n) is 4.22. The van der Waals surface area contributed by atoms with Crippen molar-refractivity contribution < 1.29 is 23.0 Å². The number of rotatable bonds is 5. The van der Waals surface area contributed by atoms with Gasteiger partial charge in [-0.2, -0.15) is 8.78 Å². The van der Waals surface area contributed by atoms with Gasteiger partial charge in [-0.25, -0.2) is 0 Å². The Kier molecular flexibility index (Phi) is 4.12. The summed E-state index contributed by atoms with van der Waals surface area (Å²) >= 11 is 0. The minimum Gasteiger partial charge on any atom is -0.490 e. The molecule has 3 nitrogen and oxygen atoms in total. The van der Waals surface area contributed by atoms with Gasteiger partial charge in [-0.3, -0.25) is 4.79 Å². The Morgan fingerprint density at radius 2 is 2.00 bits per heavy atom. The smallest absolute Gasteiger partial charge is 0.387 e. The molecule has 18 heavy (non-hydrogen) atoms. The summed E-state index contributed by atoms with van der Waals surface area (Å²) in [6.45, 7) is -2.88. The van der Waals surface area contributed by atoms with Crippen LogP contribution in [-0.4, -0.2) is 19.0 Å². The molecule has 1 aliphatic rings. The second-order valence-corrected chi connectivity index (χ2v) is 4.22. The maximum Gasteiger partial charge on any atom is 0.387 e. The first kappa shape index (κ1) is 12.8. The summed E-state index contributed by atoms with van der Waals surface area (Å²) in [6.07, 6.45) is 4.75. The molecule has 2 rings (SSSR count). The zero-order valence-electron chi connectivity index (χ0n) is 9.77. The van der Waals surface area contributed by atoms with E-state index in [-0.39, 0.29) is 11.9 Å². The van der Waals surface area contributed by atoms with E-state index in [9.17, 15) is 13.6 Å². The molecule has 0 aromatic heterocycles. The van der Waals surface area contributed by atoms with Crippen molar-refractivity contribution >= 4 is 6.29 Å². The van der Waals surface area contributed by atoms with Crippen LogP contribution in [0.3, 0.4) is 0 Å². The van der Waals surface area contributed by atoms with E-state index in [2.05, 4.69) is 4.74 Å². The largest absolute Gasteiger partial charge is 0.490 e. The second kappa shape index (κ2) is 5.80. The molecule has 0 amide bonds. The molecule has 1 aromatic rings. The Balaban J connectivity index is 2.15. The average Bonchev–Trinajstić information content (AvgIpc) is 2.81. The topological polar surface area (TPSA) is 35.5 Å². The Hall–Kier alpha value is -1.65. The molecule has 0 saturated heterocycles. The maximum atomic E-state index is 12.1. The zero-order valence-corrected chi connectivity index (χ0v) is 9.77. The van der Waals surface area contributed by atoms with E-state index >= 15 is 0 Å². The first-order chi connectivity index (χ1) is 8.69. The lowest BCUT2D eigenvalue weighted by molar-refractivity contribution is -0.0499. The number of halogens is 2. The number of carbonyl (C=O) groups is 1. The third-order valence-electron chi connectivity index (χ3n) is 2.93. The van der Waals surface area contributed by atoms with Crippen molar-refractivity contribution in [2.24, 2.45) is 0 Å². The van der Waals surface area contributed by atoms with Crippen LogP contribution in [0.4, 0.5) is 8.78 Å². The van der Waals surface area contributed by atoms with E-state index in [4.69, 9.17) is 4.74 Å². The van der Waals surface area contributed by atoms with Crippen LogP contribution in [0.25, 0.3) is 0 Å². The molecule has 1 saturated carbocycles. The van der Waals surface area contributed by atoms with Crippen LogP contribution >= 0.6 is 0 Å². The SMILES string of the molecule is O=Cc1ccc(OC(F)F)cc1OC1CCCC1. The lowest BCUT2D eigenvalue weighted by Gasteiger charge is -2.15. The number of carbonyl (C=O) groups excluding carboxylic acids is 1. The number of hydrogen-bond donors (Lipinski definition) is 0. The highest BCUT2D eigenvalue weighted by Crippen LogP contribution is 2.29. The molecule has 0 bridgehead atoms. The molecule has 0 unspecified atom stereocenters. The van der Waals surface area contributed by atoms with Crippen molar-refractivity contribution in [1.82, 2.24) is 0 Å². The van der Waals surface area contributed by atoms with Crippen molar-refractivity contribution in [3.05, 3.63) is 23.8 Å². The van der Waals surface area contributed by atoms with E-state index in [1.54, 1.807) is 0 Å². The van der Waals surface area contributed by atoms with Crippen molar-refractivity contribution in [2.45, 2.75) is 38.4 Å². The summed E-state index contributed by atoms with van der Waals surface area (Å²) in [5.74, 6) is 0.318. The van der Waals surface area contributed by atoms with Gasteiger partial charge >= 0.3 is 6.61 Å². The van der Waals surface area contributed by atoms with Crippen LogP contribution in [0.1, 0.15) is 36.0 Å². The predicted octanol–water partition coefficient (Wildman–Crippen LogP) is 3.42. The summed E-state index contributed by atoms with van der Waals surface area (Å²) in [5.41, 5.74) is 0.350. The lowest BCUT2D eigenvalue weighted by atomic mass is 10.2. The lowest BCUT2D eigenvalue weighted by Crippen LogP contribution is -2.12. The molecule has 0 heterocycles. The van der Waals surface area contributed by atoms with Crippen LogP contribution in [0.2, 0.25) is 0 Å². The molecule has 1 fully saturated rings. The number of benzene rings is 1. The summed E-state index contributed by atoms with van der Waals surface area (Å²) in [4.78, 5) is 10.9. The molecule has 1 aromatic carbocycles. The molecule has 5 heteroatoms. The summed E-state index contributed by atoms with van der Waals surface area (Å²) < 4.78 is 34.2. The quantitative estimate of drug-likeness (QED) is 0.757. The number of alkyl halides is 2. The number of aldehydes is 1. The van der Waals surface area contributed by atoms with Crippen molar-refractivity contribution in [1.29, 1.82) is 0 Å². The van der Waals surface area contributed by atoms with Gasteiger partial charge in [0.15, 0.2) is 6.29 Å². The predicted molar refractivity (Wildman–Crippen MR) is 61.3 cm³/mol. The van der Waals surface area contributed by atoms with E-state index in [1.165, 1.54) is 18.2 Å². The molecule has 0 radical (unpaired) electrons. The van der Waals surface area contributed by atoms with Crippen LogP contribution in [0.5, 0.6) is 11.5 Å². The molecular weight excluding hydrogens is 242 g/mol. The Bertz CT molecular complexity index is 415. The van der Waals surface area contributed by atoms with E-state index in [1.807, 2.05) is 0 Å². The highest BCUT2D eigenvalue weighted by atomic mass is 19.3. The van der Waals surface area contributed by atoms with Gasteiger partial charge in [0.2, 0.25) is 0 Å². The standard InChI is InChI=1S/C13H14F2O3/c14-13(15)18-11-6-5-9(8-16)12(7-11)17-10-3-1-2-4-10/h5-8,10,13H,1-4H2. The zero-order chi connectivity index (χ0) is 13.0. The van der Waals surface area contributed by atoms with Crippen LogP contribution < -0.4 is 9.47 Å². The summed E-state index contributed by atoms with van der Waals surface area (Å²) in [7, 11) is 0. The van der Waals surface area contributed by atoms with Crippen molar-refractivity contribution in [3.63, 3.8) is 0 Å². The highest BCUT2D eigenvalue weighted by Gasteiger charge is 2.18. The van der Waals surface area contributed by atoms with Gasteiger partial charge in [-0.15, -0.1) is 0 Å². The van der Waals surface area contributed by atoms with Crippen molar-refractivity contribution in [3.8, 4) is 11.5 Å². The molecule has 0 spiro atoms. The first-order valence-corrected chi connectivity index (χ1v) is 5.89. The summed E-state index contributed by atoms with van der Waals surface area (Å²) in [6, 6.07) is 4.10. The fourth-order valence-corrected chi connectivity index (χ4v) is 2.08. The van der Waals surface area contributed by atoms with E-state index in [0.717, 1.165) is 25.7 Å². The minimum absolute atomic E-state index is 0.00333. The molecule has 0 atom stereocenters. The third kappa shape index (κ3) is 3.18. The highest BCUT2D eigenvalue weighted by molar-refractivity contribution is 5.79. The van der Waals surface area contributed by atoms with Crippen molar-refractivity contribution in [2.75, 3.05) is 0 Å². The summed E-state index contributed by atoms with van der Waals surface area (Å²) in [5, 5.41) is 0. The van der Waals surface area contributed by atoms with E-state index in [0.29, 0.717) is 17.6 Å². The molecule has 1 aliphatic carbocycles. The van der Waals surface area contributed by atoms with Crippen LogP contribution in [-0.2, 0) is 0 Å². The normalized spacial score (nSPS) is 15.9. The monoisotopic (exact) mass is 256 g/mol. The molecule has 98 valence electrons. The van der Waals surface area contributed by atoms with Gasteiger partial charge in [0, 0.05) is 6.07 Å². The van der Waals surface area contributed by atoms with Gasteiger partial charge in [0.25, 0.3) is 0 Å². The Morgan fingerprint density at radius 1 is 1.28 bits per heavy atom. The van der Waals surface area contributed by atoms with Crippen LogP contribution in [0.15, 0.2) is 18.2 Å². The first-order valence-electron chi connectivity index (χ1n) is 5.89. The third-order valence-corrected chi connectivity index (χ3v) is 2.93. The Morgan fingerprint density at radius 3 is 2.61 bits per heavy atom. The van der Waals surface area contributed by atoms with Gasteiger partial charge < -0.3 is 9.47 Å². The number of ether oxygens (including phenoxy) is 2. The van der Waals surface area contributed by atoms with Gasteiger partial charge in [0.05, 0.1) is 11.7 Å². The van der Waals surface area contributed by atoms with Gasteiger partial charge in [-0.05, 0) is 37.8 Å². The van der Waals surface area contributed by atoms with Crippen LogP contribution in [0, 0.1) is 0 Å². The van der Waals surface area contributed by atoms with Gasteiger partial charge in [-0.1, -0.05) is 0 Å². The number of hydrogen-bond acceptors (Lipinski definition) is 3. The average molecular weight is 256 g/mol. The Labute approximate surface area is 104 Å². The molecule has 0 N–H and O–H groups in total. The fourth-order valence-electron chi connectivity index (χ4n) is 2.08. The molecule has 0 aliphatic heterocycles. The van der Waals surface area contributed by atoms with Gasteiger partial charge in [0.1, 0.15) is 11.5 Å².